The molecule has 0 aromatic heterocycles. The predicted octanol–water partition coefficient (Wildman–Crippen LogP) is 0.113. The summed E-state index contributed by atoms with van der Waals surface area (Å²) in [5, 5.41) is 9.33. The maximum Gasteiger partial charge on any atom is 0.215 e. The first-order valence-corrected chi connectivity index (χ1v) is 6.87. The van der Waals surface area contributed by atoms with E-state index in [0.717, 1.165) is 0 Å². The Morgan fingerprint density at radius 1 is 1.35 bits per heavy atom. The molecule has 0 saturated heterocycles. The molecule has 0 aliphatic rings. The second-order valence-corrected chi connectivity index (χ2v) is 5.51. The van der Waals surface area contributed by atoms with Crippen molar-refractivity contribution in [2.75, 3.05) is 20.3 Å². The first-order chi connectivity index (χ1) is 8.03. The molecule has 0 radical (unpaired) electrons. The summed E-state index contributed by atoms with van der Waals surface area (Å²) in [5.74, 6) is -0.0897. The summed E-state index contributed by atoms with van der Waals surface area (Å²) < 4.78 is 30.3. The number of sulfonamides is 1. The maximum atomic E-state index is 11.6. The van der Waals surface area contributed by atoms with E-state index in [0.29, 0.717) is 5.56 Å². The minimum absolute atomic E-state index is 0.0387. The van der Waals surface area contributed by atoms with E-state index in [1.54, 1.807) is 24.3 Å². The lowest BCUT2D eigenvalue weighted by molar-refractivity contribution is 0.0679. The third-order valence-electron chi connectivity index (χ3n) is 2.10. The molecule has 0 heterocycles. The molecule has 1 atom stereocenters. The van der Waals surface area contributed by atoms with Gasteiger partial charge in [-0.05, 0) is 5.56 Å². The Bertz CT molecular complexity index is 418. The first kappa shape index (κ1) is 14.1. The number of nitrogens with one attached hydrogen (secondary N) is 1. The van der Waals surface area contributed by atoms with Crippen LogP contribution >= 0.6 is 0 Å². The lowest BCUT2D eigenvalue weighted by Gasteiger charge is -2.11. The van der Waals surface area contributed by atoms with Crippen molar-refractivity contribution in [3.63, 3.8) is 0 Å². The average molecular weight is 259 g/mol. The van der Waals surface area contributed by atoms with Crippen LogP contribution in [0.25, 0.3) is 0 Å². The molecular formula is C11H17NO4S. The Balaban J connectivity index is 2.47. The van der Waals surface area contributed by atoms with Gasteiger partial charge in [0.25, 0.3) is 0 Å². The minimum Gasteiger partial charge on any atom is -0.389 e. The van der Waals surface area contributed by atoms with E-state index in [2.05, 4.69) is 4.72 Å². The molecule has 0 amide bonds. The van der Waals surface area contributed by atoms with Crippen LogP contribution in [0.3, 0.4) is 0 Å². The number of rotatable bonds is 7. The highest BCUT2D eigenvalue weighted by Gasteiger charge is 2.13. The maximum absolute atomic E-state index is 11.6. The second kappa shape index (κ2) is 6.70. The van der Waals surface area contributed by atoms with Crippen LogP contribution in [0.1, 0.15) is 5.56 Å². The molecule has 0 aliphatic heterocycles. The van der Waals surface area contributed by atoms with Crippen molar-refractivity contribution >= 4 is 10.0 Å². The van der Waals surface area contributed by atoms with Crippen LogP contribution < -0.4 is 4.72 Å². The summed E-state index contributed by atoms with van der Waals surface area (Å²) >= 11 is 0. The van der Waals surface area contributed by atoms with Gasteiger partial charge in [0.2, 0.25) is 10.0 Å². The number of ether oxygens (including phenoxy) is 1. The van der Waals surface area contributed by atoms with E-state index in [4.69, 9.17) is 4.74 Å². The molecule has 1 unspecified atom stereocenters. The number of aliphatic hydroxyl groups excluding tert-OH is 1. The van der Waals surface area contributed by atoms with E-state index >= 15 is 0 Å². The molecular weight excluding hydrogens is 242 g/mol. The molecule has 1 rings (SSSR count). The number of hydrogen-bond acceptors (Lipinski definition) is 4. The smallest absolute Gasteiger partial charge is 0.215 e. The molecule has 6 heteroatoms. The van der Waals surface area contributed by atoms with Crippen LogP contribution in [0.15, 0.2) is 30.3 Å². The Kier molecular flexibility index (Phi) is 5.57. The highest BCUT2D eigenvalue weighted by Crippen LogP contribution is 2.03. The summed E-state index contributed by atoms with van der Waals surface area (Å²) in [5.41, 5.74) is 0.709. The van der Waals surface area contributed by atoms with Crippen molar-refractivity contribution in [1.82, 2.24) is 4.72 Å². The van der Waals surface area contributed by atoms with Crippen molar-refractivity contribution in [3.8, 4) is 0 Å². The van der Waals surface area contributed by atoms with Crippen molar-refractivity contribution in [1.29, 1.82) is 0 Å². The fourth-order valence-electron chi connectivity index (χ4n) is 1.32. The third-order valence-corrected chi connectivity index (χ3v) is 3.42. The molecule has 0 saturated carbocycles. The largest absolute Gasteiger partial charge is 0.389 e. The van der Waals surface area contributed by atoms with Crippen LogP contribution in [0.5, 0.6) is 0 Å². The van der Waals surface area contributed by atoms with Gasteiger partial charge >= 0.3 is 0 Å². The van der Waals surface area contributed by atoms with Gasteiger partial charge in [0.1, 0.15) is 0 Å². The monoisotopic (exact) mass is 259 g/mol. The summed E-state index contributed by atoms with van der Waals surface area (Å²) in [6.45, 7) is 0.0663. The molecule has 1 aromatic carbocycles. The van der Waals surface area contributed by atoms with E-state index < -0.39 is 16.1 Å². The van der Waals surface area contributed by atoms with Crippen LogP contribution in [0.4, 0.5) is 0 Å². The number of benzene rings is 1. The summed E-state index contributed by atoms with van der Waals surface area (Å²) in [6.07, 6.45) is -0.828. The standard InChI is InChI=1S/C11H17NO4S/c1-16-8-11(13)7-12-17(14,15)9-10-5-3-2-4-6-10/h2-6,11-13H,7-9H2,1H3. The van der Waals surface area contributed by atoms with Crippen LogP contribution in [0.2, 0.25) is 0 Å². The minimum atomic E-state index is -3.41. The van der Waals surface area contributed by atoms with Crippen molar-refractivity contribution in [2.24, 2.45) is 0 Å². The second-order valence-electron chi connectivity index (χ2n) is 3.70. The fourth-order valence-corrected chi connectivity index (χ4v) is 2.50. The van der Waals surface area contributed by atoms with E-state index in [1.165, 1.54) is 7.11 Å². The fraction of sp³-hybridized carbons (Fsp3) is 0.455. The Morgan fingerprint density at radius 2 is 2.00 bits per heavy atom. The number of methoxy groups -OCH3 is 1. The lowest BCUT2D eigenvalue weighted by Crippen LogP contribution is -2.35. The van der Waals surface area contributed by atoms with Crippen molar-refractivity contribution in [3.05, 3.63) is 35.9 Å². The Morgan fingerprint density at radius 3 is 2.59 bits per heavy atom. The topological polar surface area (TPSA) is 75.6 Å². The average Bonchev–Trinajstić information content (AvgIpc) is 2.28. The van der Waals surface area contributed by atoms with Gasteiger partial charge in [-0.15, -0.1) is 0 Å². The highest BCUT2D eigenvalue weighted by molar-refractivity contribution is 7.88. The first-order valence-electron chi connectivity index (χ1n) is 5.22. The number of hydrogen-bond donors (Lipinski definition) is 2. The summed E-state index contributed by atoms with van der Waals surface area (Å²) in [6, 6.07) is 8.87. The Labute approximate surface area is 101 Å². The van der Waals surface area contributed by atoms with Gasteiger partial charge in [0.15, 0.2) is 0 Å². The zero-order valence-electron chi connectivity index (χ0n) is 9.67. The molecule has 96 valence electrons. The SMILES string of the molecule is COCC(O)CNS(=O)(=O)Cc1ccccc1. The van der Waals surface area contributed by atoms with Crippen molar-refractivity contribution in [2.45, 2.75) is 11.9 Å². The van der Waals surface area contributed by atoms with Gasteiger partial charge in [-0.1, -0.05) is 30.3 Å². The van der Waals surface area contributed by atoms with Crippen molar-refractivity contribution < 1.29 is 18.3 Å². The molecule has 0 fully saturated rings. The Hall–Kier alpha value is -0.950. The van der Waals surface area contributed by atoms with E-state index in [-0.39, 0.29) is 18.9 Å². The van der Waals surface area contributed by atoms with E-state index in [9.17, 15) is 13.5 Å². The lowest BCUT2D eigenvalue weighted by atomic mass is 10.2. The van der Waals surface area contributed by atoms with Crippen LogP contribution in [0, 0.1) is 0 Å². The molecule has 0 bridgehead atoms. The predicted molar refractivity (Wildman–Crippen MR) is 65.0 cm³/mol. The molecule has 5 nitrogen and oxygen atoms in total. The van der Waals surface area contributed by atoms with Crippen LogP contribution in [-0.2, 0) is 20.5 Å². The summed E-state index contributed by atoms with van der Waals surface area (Å²) in [7, 11) is -1.97. The van der Waals surface area contributed by atoms with Crippen LogP contribution in [-0.4, -0.2) is 39.9 Å². The molecule has 0 spiro atoms. The van der Waals surface area contributed by atoms with Gasteiger partial charge in [-0.2, -0.15) is 0 Å². The van der Waals surface area contributed by atoms with Gasteiger partial charge in [0.05, 0.1) is 18.5 Å². The summed E-state index contributed by atoms with van der Waals surface area (Å²) in [4.78, 5) is 0. The van der Waals surface area contributed by atoms with E-state index in [1.807, 2.05) is 6.07 Å². The number of aliphatic hydroxyl groups is 1. The highest BCUT2D eigenvalue weighted by atomic mass is 32.2. The quantitative estimate of drug-likeness (QED) is 0.729. The zero-order valence-corrected chi connectivity index (χ0v) is 10.5. The van der Waals surface area contributed by atoms with Gasteiger partial charge in [-0.3, -0.25) is 0 Å². The van der Waals surface area contributed by atoms with Gasteiger partial charge < -0.3 is 9.84 Å². The molecule has 17 heavy (non-hydrogen) atoms. The normalized spacial score (nSPS) is 13.5. The molecule has 1 aromatic rings. The molecule has 0 aliphatic carbocycles. The zero-order chi connectivity index (χ0) is 12.7. The van der Waals surface area contributed by atoms with Gasteiger partial charge in [-0.25, -0.2) is 13.1 Å². The third kappa shape index (κ3) is 5.78. The molecule has 2 N–H and O–H groups in total. The van der Waals surface area contributed by atoms with Gasteiger partial charge in [0, 0.05) is 13.7 Å².